The maximum atomic E-state index is 14.5. The summed E-state index contributed by atoms with van der Waals surface area (Å²) >= 11 is 0. The molecule has 0 aliphatic heterocycles. The van der Waals surface area contributed by atoms with Crippen LogP contribution in [-0.2, 0) is 20.0 Å². The summed E-state index contributed by atoms with van der Waals surface area (Å²) in [6.07, 6.45) is 1.12. The molecule has 0 atom stereocenters. The van der Waals surface area contributed by atoms with Crippen LogP contribution in [0.2, 0.25) is 0 Å². The quantitative estimate of drug-likeness (QED) is 0.632. The fourth-order valence-corrected chi connectivity index (χ4v) is 6.52. The van der Waals surface area contributed by atoms with Crippen molar-refractivity contribution in [3.05, 3.63) is 29.3 Å². The van der Waals surface area contributed by atoms with Gasteiger partial charge in [-0.1, -0.05) is 26.7 Å². The van der Waals surface area contributed by atoms with Gasteiger partial charge in [0.2, 0.25) is 20.0 Å². The van der Waals surface area contributed by atoms with Crippen molar-refractivity contribution in [2.45, 2.75) is 39.5 Å². The van der Waals surface area contributed by atoms with Crippen molar-refractivity contribution in [3.63, 3.8) is 0 Å². The molecular weight excluding hydrogens is 392 g/mol. The number of carboxylic acid groups (broad SMARTS) is 1. The summed E-state index contributed by atoms with van der Waals surface area (Å²) in [5, 5.41) is 8.94. The Hall–Kier alpha value is -1.75. The third-order valence-corrected chi connectivity index (χ3v) is 7.87. The van der Waals surface area contributed by atoms with Gasteiger partial charge < -0.3 is 5.11 Å². The van der Waals surface area contributed by atoms with Gasteiger partial charge in [0.05, 0.1) is 11.5 Å². The Morgan fingerprint density at radius 2 is 1.46 bits per heavy atom. The van der Waals surface area contributed by atoms with Gasteiger partial charge in [-0.05, 0) is 25.0 Å². The van der Waals surface area contributed by atoms with Gasteiger partial charge in [-0.2, -0.15) is 3.71 Å². The van der Waals surface area contributed by atoms with E-state index >= 15 is 0 Å². The average molecular weight is 413 g/mol. The van der Waals surface area contributed by atoms with Crippen LogP contribution in [0, 0.1) is 11.6 Å². The lowest BCUT2D eigenvalue weighted by Gasteiger charge is -2.24. The average Bonchev–Trinajstić information content (AvgIpc) is 2.53. The molecule has 11 heteroatoms. The molecule has 0 radical (unpaired) electrons. The van der Waals surface area contributed by atoms with Crippen molar-refractivity contribution < 1.29 is 35.5 Å². The maximum Gasteiger partial charge on any atom is 0.341 e. The lowest BCUT2D eigenvalue weighted by molar-refractivity contribution is 0.0686. The number of nitrogens with zero attached hydrogens (tertiary/aromatic N) is 1. The second-order valence-electron chi connectivity index (χ2n) is 5.60. The highest BCUT2D eigenvalue weighted by Gasteiger charge is 2.37. The molecule has 0 bridgehead atoms. The monoisotopic (exact) mass is 413 g/mol. The van der Waals surface area contributed by atoms with E-state index < -0.39 is 60.4 Å². The first-order valence-corrected chi connectivity index (χ1v) is 11.2. The highest BCUT2D eigenvalue weighted by molar-refractivity contribution is 8.10. The van der Waals surface area contributed by atoms with Crippen molar-refractivity contribution in [2.75, 3.05) is 15.2 Å². The molecule has 0 unspecified atom stereocenters. The van der Waals surface area contributed by atoms with Crippen LogP contribution in [0.1, 0.15) is 49.9 Å². The molecule has 1 N–H and O–H groups in total. The molecule has 26 heavy (non-hydrogen) atoms. The number of rotatable bonds is 10. The first-order chi connectivity index (χ1) is 12.0. The van der Waals surface area contributed by atoms with Crippen molar-refractivity contribution in [2.24, 2.45) is 0 Å². The molecule has 1 rings (SSSR count). The molecule has 1 aromatic carbocycles. The SMILES string of the molecule is CCCCS(=O)(=O)N(c1ccc(F)c(C(=O)O)c1F)S(=O)(=O)CCCC. The lowest BCUT2D eigenvalue weighted by atomic mass is 10.2. The van der Waals surface area contributed by atoms with E-state index in [1.165, 1.54) is 0 Å². The third-order valence-electron chi connectivity index (χ3n) is 3.50. The number of hydrogen-bond acceptors (Lipinski definition) is 5. The Morgan fingerprint density at radius 3 is 1.85 bits per heavy atom. The van der Waals surface area contributed by atoms with E-state index in [4.69, 9.17) is 5.11 Å². The van der Waals surface area contributed by atoms with E-state index in [9.17, 15) is 30.4 Å². The smallest absolute Gasteiger partial charge is 0.341 e. The van der Waals surface area contributed by atoms with E-state index in [0.29, 0.717) is 25.0 Å². The summed E-state index contributed by atoms with van der Waals surface area (Å²) in [6, 6.07) is 1.14. The number of anilines is 1. The molecule has 0 saturated carbocycles. The molecule has 0 amide bonds. The molecule has 0 heterocycles. The first-order valence-electron chi connectivity index (χ1n) is 7.96. The zero-order chi connectivity index (χ0) is 20.1. The summed E-state index contributed by atoms with van der Waals surface area (Å²) in [7, 11) is -9.03. The molecular formula is C15H21F2NO6S2. The molecule has 148 valence electrons. The van der Waals surface area contributed by atoms with Crippen molar-refractivity contribution in [3.8, 4) is 0 Å². The van der Waals surface area contributed by atoms with E-state index in [1.807, 2.05) is 0 Å². The number of unbranched alkanes of at least 4 members (excludes halogenated alkanes) is 2. The van der Waals surface area contributed by atoms with Gasteiger partial charge in [0.15, 0.2) is 5.82 Å². The van der Waals surface area contributed by atoms with Gasteiger partial charge in [0.1, 0.15) is 17.1 Å². The second-order valence-corrected chi connectivity index (χ2v) is 9.70. The zero-order valence-corrected chi connectivity index (χ0v) is 16.0. The minimum Gasteiger partial charge on any atom is -0.477 e. The lowest BCUT2D eigenvalue weighted by Crippen LogP contribution is -2.40. The first kappa shape index (κ1) is 22.3. The Balaban J connectivity index is 3.67. The molecule has 0 aliphatic rings. The van der Waals surface area contributed by atoms with Crippen molar-refractivity contribution in [1.82, 2.24) is 0 Å². The number of aromatic carboxylic acids is 1. The summed E-state index contributed by atoms with van der Waals surface area (Å²) in [6.45, 7) is 3.37. The summed E-state index contributed by atoms with van der Waals surface area (Å²) < 4.78 is 78.3. The summed E-state index contributed by atoms with van der Waals surface area (Å²) in [5.41, 5.74) is -2.43. The minimum atomic E-state index is -4.51. The fraction of sp³-hybridized carbons (Fsp3) is 0.533. The van der Waals surface area contributed by atoms with Crippen LogP contribution in [0.25, 0.3) is 0 Å². The van der Waals surface area contributed by atoms with Gasteiger partial charge in [0.25, 0.3) is 0 Å². The number of sulfonamides is 2. The second kappa shape index (κ2) is 8.76. The number of carbonyl (C=O) groups is 1. The standard InChI is InChI=1S/C15H21F2NO6S2/c1-3-5-9-25(21,22)18(26(23,24)10-6-4-2)12-8-7-11(16)13(14(12)17)15(19)20/h7-8H,3-6,9-10H2,1-2H3,(H,19,20). The van der Waals surface area contributed by atoms with Crippen LogP contribution in [-0.4, -0.2) is 39.4 Å². The van der Waals surface area contributed by atoms with Crippen molar-refractivity contribution in [1.29, 1.82) is 0 Å². The largest absolute Gasteiger partial charge is 0.477 e. The highest BCUT2D eigenvalue weighted by Crippen LogP contribution is 2.30. The van der Waals surface area contributed by atoms with Gasteiger partial charge in [-0.15, -0.1) is 0 Å². The predicted molar refractivity (Wildman–Crippen MR) is 93.2 cm³/mol. The highest BCUT2D eigenvalue weighted by atomic mass is 32.3. The normalized spacial score (nSPS) is 12.2. The molecule has 0 aromatic heterocycles. The number of halogens is 2. The Kier molecular flexibility index (Phi) is 7.51. The van der Waals surface area contributed by atoms with Crippen LogP contribution in [0.15, 0.2) is 12.1 Å². The van der Waals surface area contributed by atoms with Crippen molar-refractivity contribution >= 4 is 31.7 Å². The number of carboxylic acids is 1. The molecule has 0 spiro atoms. The van der Waals surface area contributed by atoms with Crippen LogP contribution in [0.5, 0.6) is 0 Å². The van der Waals surface area contributed by atoms with E-state index in [-0.39, 0.29) is 16.6 Å². The zero-order valence-electron chi connectivity index (χ0n) is 14.4. The van der Waals surface area contributed by atoms with Crippen LogP contribution in [0.4, 0.5) is 14.5 Å². The maximum absolute atomic E-state index is 14.5. The summed E-state index contributed by atoms with van der Waals surface area (Å²) in [5.74, 6) is -6.31. The number of hydrogen-bond donors (Lipinski definition) is 1. The Morgan fingerprint density at radius 1 is 1.00 bits per heavy atom. The van der Waals surface area contributed by atoms with Gasteiger partial charge in [0, 0.05) is 0 Å². The molecule has 0 fully saturated rings. The van der Waals surface area contributed by atoms with E-state index in [0.717, 1.165) is 0 Å². The molecule has 0 aliphatic carbocycles. The van der Waals surface area contributed by atoms with Crippen LogP contribution < -0.4 is 3.71 Å². The predicted octanol–water partition coefficient (Wildman–Crippen LogP) is 2.73. The Labute approximate surface area is 151 Å². The molecule has 7 nitrogen and oxygen atoms in total. The summed E-state index contributed by atoms with van der Waals surface area (Å²) in [4.78, 5) is 11.1. The minimum absolute atomic E-state index is 0.0907. The topological polar surface area (TPSA) is 109 Å². The van der Waals surface area contributed by atoms with Crippen LogP contribution >= 0.6 is 0 Å². The number of benzene rings is 1. The molecule has 0 saturated heterocycles. The third kappa shape index (κ3) is 4.91. The van der Waals surface area contributed by atoms with E-state index in [1.54, 1.807) is 13.8 Å². The fourth-order valence-electron chi connectivity index (χ4n) is 2.17. The van der Waals surface area contributed by atoms with E-state index in [2.05, 4.69) is 0 Å². The van der Waals surface area contributed by atoms with Gasteiger partial charge in [-0.25, -0.2) is 30.4 Å². The van der Waals surface area contributed by atoms with Gasteiger partial charge >= 0.3 is 5.97 Å². The van der Waals surface area contributed by atoms with Gasteiger partial charge in [-0.3, -0.25) is 0 Å². The Bertz CT molecular complexity index is 830. The van der Waals surface area contributed by atoms with Crippen LogP contribution in [0.3, 0.4) is 0 Å². The molecule has 1 aromatic rings.